The van der Waals surface area contributed by atoms with Gasteiger partial charge in [-0.05, 0) is 44.4 Å². The number of ether oxygens (including phenoxy) is 1. The molecule has 0 amide bonds. The van der Waals surface area contributed by atoms with Crippen LogP contribution in [-0.2, 0) is 4.74 Å². The number of rotatable bonds is 6. The molecule has 0 spiro atoms. The maximum absolute atomic E-state index is 5.14. The molecule has 0 heterocycles. The van der Waals surface area contributed by atoms with E-state index in [1.165, 1.54) is 25.7 Å². The molecule has 0 aromatic rings. The van der Waals surface area contributed by atoms with Gasteiger partial charge in [0.25, 0.3) is 0 Å². The number of hydrogen-bond acceptors (Lipinski definition) is 2. The third kappa shape index (κ3) is 2.68. The number of methoxy groups -OCH3 is 1. The second-order valence-electron chi connectivity index (χ2n) is 4.72. The first-order valence-corrected chi connectivity index (χ1v) is 5.56. The van der Waals surface area contributed by atoms with Gasteiger partial charge in [-0.3, -0.25) is 0 Å². The summed E-state index contributed by atoms with van der Waals surface area (Å²) in [6, 6.07) is 1.33. The van der Waals surface area contributed by atoms with Crippen LogP contribution in [0.15, 0.2) is 0 Å². The van der Waals surface area contributed by atoms with Crippen LogP contribution in [0.3, 0.4) is 0 Å². The minimum Gasteiger partial charge on any atom is -0.383 e. The van der Waals surface area contributed by atoms with Crippen molar-refractivity contribution in [2.24, 2.45) is 11.8 Å². The summed E-state index contributed by atoms with van der Waals surface area (Å²) in [6.07, 6.45) is 5.81. The lowest BCUT2D eigenvalue weighted by atomic mass is 10.1. The van der Waals surface area contributed by atoms with Gasteiger partial charge in [-0.25, -0.2) is 0 Å². The summed E-state index contributed by atoms with van der Waals surface area (Å²) in [5.74, 6) is 1.98. The van der Waals surface area contributed by atoms with Gasteiger partial charge in [0, 0.05) is 19.2 Å². The average Bonchev–Trinajstić information content (AvgIpc) is 2.95. The number of hydrogen-bond donors (Lipinski definition) is 1. The molecule has 0 aliphatic heterocycles. The Balaban J connectivity index is 1.75. The van der Waals surface area contributed by atoms with Crippen LogP contribution in [0, 0.1) is 11.8 Å². The second-order valence-corrected chi connectivity index (χ2v) is 4.72. The second kappa shape index (κ2) is 3.97. The van der Waals surface area contributed by atoms with Crippen LogP contribution in [0.4, 0.5) is 0 Å². The van der Waals surface area contributed by atoms with Gasteiger partial charge in [-0.1, -0.05) is 0 Å². The van der Waals surface area contributed by atoms with Crippen molar-refractivity contribution in [2.75, 3.05) is 13.7 Å². The van der Waals surface area contributed by atoms with Gasteiger partial charge >= 0.3 is 0 Å². The van der Waals surface area contributed by atoms with Crippen LogP contribution in [0.5, 0.6) is 0 Å². The molecule has 2 heteroatoms. The summed E-state index contributed by atoms with van der Waals surface area (Å²) in [7, 11) is 1.78. The van der Waals surface area contributed by atoms with Crippen LogP contribution in [-0.4, -0.2) is 25.8 Å². The van der Waals surface area contributed by atoms with Crippen molar-refractivity contribution in [3.05, 3.63) is 0 Å². The standard InChI is InChI=1S/C11H21NO/c1-8(7-13-2)12-11(9-3-4-9)10-5-6-10/h8-12H,3-7H2,1-2H3. The van der Waals surface area contributed by atoms with E-state index in [0.29, 0.717) is 6.04 Å². The molecule has 13 heavy (non-hydrogen) atoms. The normalized spacial score (nSPS) is 25.2. The van der Waals surface area contributed by atoms with Crippen LogP contribution in [0.2, 0.25) is 0 Å². The van der Waals surface area contributed by atoms with Crippen molar-refractivity contribution in [2.45, 2.75) is 44.7 Å². The summed E-state index contributed by atoms with van der Waals surface area (Å²) < 4.78 is 5.14. The molecule has 2 nitrogen and oxygen atoms in total. The summed E-state index contributed by atoms with van der Waals surface area (Å²) in [4.78, 5) is 0. The van der Waals surface area contributed by atoms with E-state index < -0.39 is 0 Å². The average molecular weight is 183 g/mol. The molecule has 2 rings (SSSR count). The van der Waals surface area contributed by atoms with E-state index in [1.807, 2.05) is 0 Å². The van der Waals surface area contributed by atoms with Crippen LogP contribution in [0.1, 0.15) is 32.6 Å². The number of nitrogens with one attached hydrogen (secondary N) is 1. The largest absolute Gasteiger partial charge is 0.383 e. The Labute approximate surface area is 81.0 Å². The van der Waals surface area contributed by atoms with Crippen LogP contribution >= 0.6 is 0 Å². The lowest BCUT2D eigenvalue weighted by molar-refractivity contribution is 0.162. The van der Waals surface area contributed by atoms with E-state index in [1.54, 1.807) is 7.11 Å². The highest BCUT2D eigenvalue weighted by Gasteiger charge is 2.41. The molecule has 2 aliphatic rings. The maximum atomic E-state index is 5.14. The van der Waals surface area contributed by atoms with Gasteiger partial charge in [0.15, 0.2) is 0 Å². The highest BCUT2D eigenvalue weighted by Crippen LogP contribution is 2.44. The lowest BCUT2D eigenvalue weighted by Gasteiger charge is -2.22. The van der Waals surface area contributed by atoms with E-state index in [2.05, 4.69) is 12.2 Å². The van der Waals surface area contributed by atoms with Crippen LogP contribution < -0.4 is 5.32 Å². The fourth-order valence-electron chi connectivity index (χ4n) is 2.19. The van der Waals surface area contributed by atoms with Crippen molar-refractivity contribution in [1.29, 1.82) is 0 Å². The molecule has 0 bridgehead atoms. The molecule has 76 valence electrons. The highest BCUT2D eigenvalue weighted by molar-refractivity contribution is 4.97. The van der Waals surface area contributed by atoms with Crippen LogP contribution in [0.25, 0.3) is 0 Å². The Hall–Kier alpha value is -0.0800. The molecule has 0 radical (unpaired) electrons. The lowest BCUT2D eigenvalue weighted by Crippen LogP contribution is -2.41. The zero-order valence-corrected chi connectivity index (χ0v) is 8.75. The molecule has 2 aliphatic carbocycles. The van der Waals surface area contributed by atoms with E-state index in [0.717, 1.165) is 24.5 Å². The smallest absolute Gasteiger partial charge is 0.0613 e. The third-order valence-electron chi connectivity index (χ3n) is 3.15. The van der Waals surface area contributed by atoms with Gasteiger partial charge in [-0.2, -0.15) is 0 Å². The van der Waals surface area contributed by atoms with Crippen molar-refractivity contribution in [1.82, 2.24) is 5.32 Å². The molecule has 1 unspecified atom stereocenters. The minimum atomic E-state index is 0.524. The van der Waals surface area contributed by atoms with E-state index in [9.17, 15) is 0 Å². The molecule has 0 aromatic heterocycles. The Morgan fingerprint density at radius 3 is 2.15 bits per heavy atom. The summed E-state index contributed by atoms with van der Waals surface area (Å²) in [6.45, 7) is 3.07. The van der Waals surface area contributed by atoms with Gasteiger partial charge in [0.1, 0.15) is 0 Å². The quantitative estimate of drug-likeness (QED) is 0.678. The molecule has 1 N–H and O–H groups in total. The first kappa shape index (κ1) is 9.47. The summed E-state index contributed by atoms with van der Waals surface area (Å²) >= 11 is 0. The van der Waals surface area contributed by atoms with Crippen molar-refractivity contribution < 1.29 is 4.74 Å². The fourth-order valence-corrected chi connectivity index (χ4v) is 2.19. The van der Waals surface area contributed by atoms with Gasteiger partial charge < -0.3 is 10.1 Å². The Kier molecular flexibility index (Phi) is 2.89. The molecule has 1 atom stereocenters. The van der Waals surface area contributed by atoms with E-state index in [-0.39, 0.29) is 0 Å². The zero-order valence-electron chi connectivity index (χ0n) is 8.75. The molecule has 2 saturated carbocycles. The van der Waals surface area contributed by atoms with Gasteiger partial charge in [0.05, 0.1) is 6.61 Å². The fraction of sp³-hybridized carbons (Fsp3) is 1.00. The molecule has 0 saturated heterocycles. The topological polar surface area (TPSA) is 21.3 Å². The van der Waals surface area contributed by atoms with Gasteiger partial charge in [-0.15, -0.1) is 0 Å². The summed E-state index contributed by atoms with van der Waals surface area (Å²) in [5.41, 5.74) is 0. The van der Waals surface area contributed by atoms with Crippen molar-refractivity contribution >= 4 is 0 Å². The SMILES string of the molecule is COCC(C)NC(C1CC1)C1CC1. The summed E-state index contributed by atoms with van der Waals surface area (Å²) in [5, 5.41) is 3.72. The van der Waals surface area contributed by atoms with E-state index >= 15 is 0 Å². The molecular formula is C11H21NO. The first-order valence-electron chi connectivity index (χ1n) is 5.56. The van der Waals surface area contributed by atoms with Crippen molar-refractivity contribution in [3.8, 4) is 0 Å². The highest BCUT2D eigenvalue weighted by atomic mass is 16.5. The Bertz CT molecular complexity index is 151. The maximum Gasteiger partial charge on any atom is 0.0613 e. The van der Waals surface area contributed by atoms with Gasteiger partial charge in [0.2, 0.25) is 0 Å². The zero-order chi connectivity index (χ0) is 9.26. The first-order chi connectivity index (χ1) is 6.31. The predicted octanol–water partition coefficient (Wildman–Crippen LogP) is 1.80. The van der Waals surface area contributed by atoms with E-state index in [4.69, 9.17) is 4.74 Å². The Morgan fingerprint density at radius 1 is 1.23 bits per heavy atom. The molecular weight excluding hydrogens is 162 g/mol. The monoisotopic (exact) mass is 183 g/mol. The molecule has 0 aromatic carbocycles. The minimum absolute atomic E-state index is 0.524. The predicted molar refractivity (Wildman–Crippen MR) is 53.7 cm³/mol. The molecule has 2 fully saturated rings. The Morgan fingerprint density at radius 2 is 1.77 bits per heavy atom. The van der Waals surface area contributed by atoms with Crippen molar-refractivity contribution in [3.63, 3.8) is 0 Å². The third-order valence-corrected chi connectivity index (χ3v) is 3.15.